The average Bonchev–Trinajstić information content (AvgIpc) is 3.07. The summed E-state index contributed by atoms with van der Waals surface area (Å²) in [5.41, 5.74) is 0.830. The lowest BCUT2D eigenvalue weighted by molar-refractivity contribution is 0.321. The summed E-state index contributed by atoms with van der Waals surface area (Å²) in [7, 11) is 4.69. The van der Waals surface area contributed by atoms with Crippen LogP contribution < -0.4 is 24.8 Å². The minimum Gasteiger partial charge on any atom is -0.493 e. The lowest BCUT2D eigenvalue weighted by atomic mass is 10.1. The van der Waals surface area contributed by atoms with E-state index in [1.54, 1.807) is 38.5 Å². The summed E-state index contributed by atoms with van der Waals surface area (Å²) in [6.07, 6.45) is 0. The fourth-order valence-electron chi connectivity index (χ4n) is 2.68. The van der Waals surface area contributed by atoms with Crippen LogP contribution >= 0.6 is 0 Å². The molecule has 0 bridgehead atoms. The van der Waals surface area contributed by atoms with E-state index >= 15 is 0 Å². The van der Waals surface area contributed by atoms with Crippen molar-refractivity contribution in [3.8, 4) is 28.7 Å². The molecule has 0 unspecified atom stereocenters. The van der Waals surface area contributed by atoms with E-state index in [0.29, 0.717) is 47.7 Å². The van der Waals surface area contributed by atoms with E-state index in [4.69, 9.17) is 24.8 Å². The van der Waals surface area contributed by atoms with Crippen molar-refractivity contribution in [1.82, 2.24) is 5.01 Å². The Morgan fingerprint density at radius 2 is 1.64 bits per heavy atom. The lowest BCUT2D eigenvalue weighted by Crippen LogP contribution is -2.35. The Bertz CT molecular complexity index is 767. The predicted octanol–water partition coefficient (Wildman–Crippen LogP) is 2.44. The Labute approximate surface area is 146 Å². The number of aliphatic imine (C=N–C) groups is 1. The van der Waals surface area contributed by atoms with Crippen molar-refractivity contribution in [3.05, 3.63) is 42.0 Å². The van der Waals surface area contributed by atoms with E-state index in [9.17, 15) is 0 Å². The molecule has 2 aromatic rings. The van der Waals surface area contributed by atoms with Crippen LogP contribution in [0.4, 0.5) is 0 Å². The monoisotopic (exact) mass is 343 g/mol. The number of amidine groups is 1. The van der Waals surface area contributed by atoms with Crippen LogP contribution in [-0.4, -0.2) is 45.3 Å². The molecule has 0 aliphatic carbocycles. The molecule has 132 valence electrons. The molecule has 0 radical (unpaired) electrons. The third kappa shape index (κ3) is 3.32. The molecule has 2 N–H and O–H groups in total. The van der Waals surface area contributed by atoms with Crippen molar-refractivity contribution >= 4 is 5.84 Å². The van der Waals surface area contributed by atoms with Gasteiger partial charge in [-0.2, -0.15) is 0 Å². The van der Waals surface area contributed by atoms with Crippen molar-refractivity contribution in [2.75, 3.05) is 34.4 Å². The fourth-order valence-corrected chi connectivity index (χ4v) is 2.68. The molecule has 7 heteroatoms. The number of para-hydroxylation sites is 1. The van der Waals surface area contributed by atoms with Gasteiger partial charge in [0.15, 0.2) is 11.5 Å². The molecular weight excluding hydrogens is 322 g/mol. The number of rotatable bonds is 6. The highest BCUT2D eigenvalue weighted by Crippen LogP contribution is 2.42. The second-order valence-electron chi connectivity index (χ2n) is 5.36. The van der Waals surface area contributed by atoms with Crippen molar-refractivity contribution in [2.45, 2.75) is 0 Å². The van der Waals surface area contributed by atoms with Crippen molar-refractivity contribution < 1.29 is 18.9 Å². The minimum atomic E-state index is 0.513. The number of nitrogens with two attached hydrogens (primary N) is 1. The number of hydrogen-bond donors (Lipinski definition) is 1. The lowest BCUT2D eigenvalue weighted by Gasteiger charge is -2.18. The summed E-state index contributed by atoms with van der Waals surface area (Å²) in [6.45, 7) is 1.36. The second-order valence-corrected chi connectivity index (χ2v) is 5.36. The van der Waals surface area contributed by atoms with Crippen LogP contribution in [0.1, 0.15) is 5.56 Å². The first kappa shape index (κ1) is 16.9. The second kappa shape index (κ2) is 7.31. The summed E-state index contributed by atoms with van der Waals surface area (Å²) < 4.78 is 22.1. The van der Waals surface area contributed by atoms with Gasteiger partial charge in [-0.3, -0.25) is 10.0 Å². The van der Waals surface area contributed by atoms with Gasteiger partial charge in [0, 0.05) is 12.1 Å². The van der Waals surface area contributed by atoms with Gasteiger partial charge >= 0.3 is 0 Å². The van der Waals surface area contributed by atoms with Crippen LogP contribution in [0.3, 0.4) is 0 Å². The first-order valence-electron chi connectivity index (χ1n) is 7.82. The first-order chi connectivity index (χ1) is 12.2. The molecule has 1 aliphatic rings. The Kier molecular flexibility index (Phi) is 4.95. The zero-order valence-electron chi connectivity index (χ0n) is 14.5. The van der Waals surface area contributed by atoms with Crippen LogP contribution in [0, 0.1) is 0 Å². The number of methoxy groups -OCH3 is 3. The van der Waals surface area contributed by atoms with Gasteiger partial charge in [-0.1, -0.05) is 12.1 Å². The van der Waals surface area contributed by atoms with Gasteiger partial charge < -0.3 is 18.9 Å². The van der Waals surface area contributed by atoms with E-state index in [0.717, 1.165) is 5.56 Å². The third-order valence-corrected chi connectivity index (χ3v) is 3.87. The van der Waals surface area contributed by atoms with Gasteiger partial charge in [-0.25, -0.2) is 5.84 Å². The van der Waals surface area contributed by atoms with Crippen LogP contribution in [0.2, 0.25) is 0 Å². The molecule has 0 atom stereocenters. The van der Waals surface area contributed by atoms with E-state index in [2.05, 4.69) is 4.99 Å². The quantitative estimate of drug-likeness (QED) is 0.812. The maximum Gasteiger partial charge on any atom is 0.203 e. The number of hydrogen-bond acceptors (Lipinski definition) is 7. The number of hydrazine groups is 1. The predicted molar refractivity (Wildman–Crippen MR) is 94.9 cm³/mol. The molecule has 2 aromatic carbocycles. The average molecular weight is 343 g/mol. The van der Waals surface area contributed by atoms with Gasteiger partial charge in [0.25, 0.3) is 0 Å². The zero-order chi connectivity index (χ0) is 17.8. The van der Waals surface area contributed by atoms with Gasteiger partial charge in [0.05, 0.1) is 40.0 Å². The Hall–Kier alpha value is -2.93. The Morgan fingerprint density at radius 1 is 0.960 bits per heavy atom. The van der Waals surface area contributed by atoms with Crippen LogP contribution in [0.25, 0.3) is 0 Å². The summed E-state index contributed by atoms with van der Waals surface area (Å²) in [5.74, 6) is 9.47. The van der Waals surface area contributed by atoms with Gasteiger partial charge in [-0.15, -0.1) is 0 Å². The van der Waals surface area contributed by atoms with Gasteiger partial charge in [0.1, 0.15) is 17.3 Å². The van der Waals surface area contributed by atoms with Crippen molar-refractivity contribution in [3.63, 3.8) is 0 Å². The molecule has 25 heavy (non-hydrogen) atoms. The number of nitrogens with zero attached hydrogens (tertiary/aromatic N) is 2. The molecule has 3 rings (SSSR count). The molecule has 0 spiro atoms. The molecule has 0 aromatic heterocycles. The zero-order valence-corrected chi connectivity index (χ0v) is 14.5. The largest absolute Gasteiger partial charge is 0.493 e. The highest BCUT2D eigenvalue weighted by molar-refractivity contribution is 6.01. The molecule has 1 aliphatic heterocycles. The van der Waals surface area contributed by atoms with Crippen molar-refractivity contribution in [2.24, 2.45) is 10.8 Å². The topological polar surface area (TPSA) is 78.5 Å². The molecule has 0 saturated heterocycles. The van der Waals surface area contributed by atoms with Crippen molar-refractivity contribution in [1.29, 1.82) is 0 Å². The normalized spacial score (nSPS) is 13.4. The molecule has 1 heterocycles. The molecule has 0 saturated carbocycles. The maximum absolute atomic E-state index is 6.08. The standard InChI is InChI=1S/C18H21N3O4/c1-22-15-10-12(11-16(23-2)17(15)24-3)25-14-7-5-4-6-13(14)18-20-8-9-21(18)19/h4-7,10-11H,8-9,19H2,1-3H3. The van der Waals surface area contributed by atoms with Crippen LogP contribution in [-0.2, 0) is 0 Å². The van der Waals surface area contributed by atoms with E-state index < -0.39 is 0 Å². The number of benzene rings is 2. The number of ether oxygens (including phenoxy) is 4. The van der Waals surface area contributed by atoms with Gasteiger partial charge in [-0.05, 0) is 12.1 Å². The SMILES string of the molecule is COc1cc(Oc2ccccc2C2=NCCN2N)cc(OC)c1OC. The summed E-state index contributed by atoms with van der Waals surface area (Å²) in [4.78, 5) is 4.45. The molecule has 7 nitrogen and oxygen atoms in total. The summed E-state index contributed by atoms with van der Waals surface area (Å²) in [5, 5.41) is 1.62. The first-order valence-corrected chi connectivity index (χ1v) is 7.82. The highest BCUT2D eigenvalue weighted by atomic mass is 16.5. The van der Waals surface area contributed by atoms with E-state index in [-0.39, 0.29) is 0 Å². The highest BCUT2D eigenvalue weighted by Gasteiger charge is 2.20. The third-order valence-electron chi connectivity index (χ3n) is 3.87. The molecule has 0 fully saturated rings. The summed E-state index contributed by atoms with van der Waals surface area (Å²) >= 11 is 0. The smallest absolute Gasteiger partial charge is 0.203 e. The maximum atomic E-state index is 6.08. The van der Waals surface area contributed by atoms with E-state index in [1.165, 1.54) is 0 Å². The Balaban J connectivity index is 1.98. The van der Waals surface area contributed by atoms with E-state index in [1.807, 2.05) is 24.3 Å². The minimum absolute atomic E-state index is 0.513. The van der Waals surface area contributed by atoms with Crippen LogP contribution in [0.5, 0.6) is 28.7 Å². The summed E-state index contributed by atoms with van der Waals surface area (Å²) in [6, 6.07) is 11.1. The fraction of sp³-hybridized carbons (Fsp3) is 0.278. The molecular formula is C18H21N3O4. The van der Waals surface area contributed by atoms with Crippen LogP contribution in [0.15, 0.2) is 41.4 Å². The Morgan fingerprint density at radius 3 is 2.20 bits per heavy atom. The molecule has 0 amide bonds. The van der Waals surface area contributed by atoms with Gasteiger partial charge in [0.2, 0.25) is 5.75 Å².